The van der Waals surface area contributed by atoms with Gasteiger partial charge < -0.3 is 10.1 Å². The summed E-state index contributed by atoms with van der Waals surface area (Å²) in [5.74, 6) is -1.29. The standard InChI is InChI=1S/C18H14N2O4/c1-12(21)15-3-2-4-16(9-15)20-17(22)11-24-18(23)14-7-5-13(10-19)6-8-14/h2-9H,11H2,1H3,(H,20,22). The number of ether oxygens (including phenoxy) is 1. The quantitative estimate of drug-likeness (QED) is 0.674. The van der Waals surface area contributed by atoms with Gasteiger partial charge in [0.2, 0.25) is 0 Å². The van der Waals surface area contributed by atoms with E-state index in [1.54, 1.807) is 24.3 Å². The van der Waals surface area contributed by atoms with Crippen molar-refractivity contribution in [2.45, 2.75) is 6.92 Å². The van der Waals surface area contributed by atoms with Crippen LogP contribution in [0, 0.1) is 11.3 Å². The second-order valence-electron chi connectivity index (χ2n) is 4.95. The number of ketones is 1. The van der Waals surface area contributed by atoms with Crippen LogP contribution in [0.4, 0.5) is 5.69 Å². The fourth-order valence-corrected chi connectivity index (χ4v) is 1.91. The summed E-state index contributed by atoms with van der Waals surface area (Å²) >= 11 is 0. The van der Waals surface area contributed by atoms with Crippen LogP contribution in [0.25, 0.3) is 0 Å². The summed E-state index contributed by atoms with van der Waals surface area (Å²) in [6.45, 7) is 0.976. The SMILES string of the molecule is CC(=O)c1cccc(NC(=O)COC(=O)c2ccc(C#N)cc2)c1. The number of hydrogen-bond donors (Lipinski definition) is 1. The number of amides is 1. The van der Waals surface area contributed by atoms with Gasteiger partial charge in [0.25, 0.3) is 5.91 Å². The molecule has 0 spiro atoms. The number of anilines is 1. The molecule has 6 heteroatoms. The zero-order valence-electron chi connectivity index (χ0n) is 12.9. The second-order valence-corrected chi connectivity index (χ2v) is 4.95. The van der Waals surface area contributed by atoms with Crippen LogP contribution in [0.5, 0.6) is 0 Å². The van der Waals surface area contributed by atoms with Gasteiger partial charge in [0.1, 0.15) is 0 Å². The minimum absolute atomic E-state index is 0.113. The molecule has 0 bridgehead atoms. The fraction of sp³-hybridized carbons (Fsp3) is 0.111. The maximum atomic E-state index is 11.8. The van der Waals surface area contributed by atoms with Crippen LogP contribution in [0.2, 0.25) is 0 Å². The van der Waals surface area contributed by atoms with Gasteiger partial charge in [0.15, 0.2) is 12.4 Å². The average molecular weight is 322 g/mol. The molecular weight excluding hydrogens is 308 g/mol. The number of rotatable bonds is 5. The molecule has 0 aliphatic rings. The van der Waals surface area contributed by atoms with Crippen molar-refractivity contribution in [3.63, 3.8) is 0 Å². The lowest BCUT2D eigenvalue weighted by atomic mass is 10.1. The third kappa shape index (κ3) is 4.52. The Kier molecular flexibility index (Phi) is 5.42. The van der Waals surface area contributed by atoms with Crippen LogP contribution in [0.15, 0.2) is 48.5 Å². The smallest absolute Gasteiger partial charge is 0.338 e. The summed E-state index contributed by atoms with van der Waals surface area (Å²) in [4.78, 5) is 34.9. The summed E-state index contributed by atoms with van der Waals surface area (Å²) in [7, 11) is 0. The highest BCUT2D eigenvalue weighted by Gasteiger charge is 2.11. The minimum atomic E-state index is -0.660. The molecule has 0 heterocycles. The van der Waals surface area contributed by atoms with E-state index in [0.29, 0.717) is 16.8 Å². The number of benzene rings is 2. The van der Waals surface area contributed by atoms with Gasteiger partial charge in [0.05, 0.1) is 17.2 Å². The number of esters is 1. The highest BCUT2D eigenvalue weighted by atomic mass is 16.5. The van der Waals surface area contributed by atoms with E-state index < -0.39 is 18.5 Å². The molecule has 0 aliphatic carbocycles. The van der Waals surface area contributed by atoms with Gasteiger partial charge >= 0.3 is 5.97 Å². The van der Waals surface area contributed by atoms with Gasteiger partial charge in [-0.25, -0.2) is 4.79 Å². The molecule has 24 heavy (non-hydrogen) atoms. The lowest BCUT2D eigenvalue weighted by Crippen LogP contribution is -2.21. The molecule has 2 aromatic rings. The van der Waals surface area contributed by atoms with Gasteiger partial charge in [-0.1, -0.05) is 12.1 Å². The maximum Gasteiger partial charge on any atom is 0.338 e. The van der Waals surface area contributed by atoms with E-state index in [2.05, 4.69) is 5.32 Å². The monoisotopic (exact) mass is 322 g/mol. The van der Waals surface area contributed by atoms with Crippen LogP contribution >= 0.6 is 0 Å². The Morgan fingerprint density at radius 2 is 1.79 bits per heavy atom. The van der Waals surface area contributed by atoms with E-state index in [1.807, 2.05) is 6.07 Å². The van der Waals surface area contributed by atoms with Crippen LogP contribution in [0.3, 0.4) is 0 Å². The topological polar surface area (TPSA) is 96.3 Å². The second kappa shape index (κ2) is 7.70. The van der Waals surface area contributed by atoms with E-state index in [-0.39, 0.29) is 11.3 Å². The Labute approximate surface area is 138 Å². The van der Waals surface area contributed by atoms with Crippen molar-refractivity contribution in [3.8, 4) is 6.07 Å². The van der Waals surface area contributed by atoms with Gasteiger partial charge in [-0.05, 0) is 43.3 Å². The first-order chi connectivity index (χ1) is 11.5. The summed E-state index contributed by atoms with van der Waals surface area (Å²) < 4.78 is 4.91. The molecule has 1 N–H and O–H groups in total. The molecule has 0 aromatic heterocycles. The normalized spacial score (nSPS) is 9.67. The fourth-order valence-electron chi connectivity index (χ4n) is 1.91. The molecule has 1 amide bonds. The predicted molar refractivity (Wildman–Crippen MR) is 86.5 cm³/mol. The average Bonchev–Trinajstić information content (AvgIpc) is 2.60. The van der Waals surface area contributed by atoms with Crippen molar-refractivity contribution >= 4 is 23.3 Å². The molecule has 0 aliphatic heterocycles. The number of Topliss-reactive ketones (excluding diaryl/α,β-unsaturated/α-hetero) is 1. The Morgan fingerprint density at radius 3 is 2.42 bits per heavy atom. The third-order valence-electron chi connectivity index (χ3n) is 3.14. The van der Waals surface area contributed by atoms with Gasteiger partial charge in [-0.3, -0.25) is 9.59 Å². The van der Waals surface area contributed by atoms with Gasteiger partial charge in [-0.15, -0.1) is 0 Å². The summed E-state index contributed by atoms with van der Waals surface area (Å²) in [6, 6.07) is 14.3. The van der Waals surface area contributed by atoms with E-state index in [0.717, 1.165) is 0 Å². The van der Waals surface area contributed by atoms with E-state index in [4.69, 9.17) is 10.00 Å². The van der Waals surface area contributed by atoms with Crippen molar-refractivity contribution in [2.75, 3.05) is 11.9 Å². The van der Waals surface area contributed by atoms with Gasteiger partial charge in [0, 0.05) is 11.3 Å². The first-order valence-corrected chi connectivity index (χ1v) is 7.08. The van der Waals surface area contributed by atoms with Gasteiger partial charge in [-0.2, -0.15) is 5.26 Å². The summed E-state index contributed by atoms with van der Waals surface area (Å²) in [5.41, 5.74) is 1.60. The largest absolute Gasteiger partial charge is 0.452 e. The third-order valence-corrected chi connectivity index (χ3v) is 3.14. The first-order valence-electron chi connectivity index (χ1n) is 7.08. The van der Waals surface area contributed by atoms with Crippen molar-refractivity contribution < 1.29 is 19.1 Å². The number of nitriles is 1. The molecule has 120 valence electrons. The highest BCUT2D eigenvalue weighted by Crippen LogP contribution is 2.11. The van der Waals surface area contributed by atoms with Crippen LogP contribution < -0.4 is 5.32 Å². The molecule has 0 atom stereocenters. The van der Waals surface area contributed by atoms with Crippen LogP contribution in [-0.2, 0) is 9.53 Å². The number of nitrogens with one attached hydrogen (secondary N) is 1. The Hall–Kier alpha value is -3.46. The Morgan fingerprint density at radius 1 is 1.08 bits per heavy atom. The summed E-state index contributed by atoms with van der Waals surface area (Å²) in [6.07, 6.45) is 0. The molecule has 0 fully saturated rings. The molecule has 0 saturated heterocycles. The number of carbonyl (C=O) groups excluding carboxylic acids is 3. The highest BCUT2D eigenvalue weighted by molar-refractivity contribution is 5.98. The first kappa shape index (κ1) is 16.9. The number of nitrogens with zero attached hydrogens (tertiary/aromatic N) is 1. The van der Waals surface area contributed by atoms with Crippen LogP contribution in [0.1, 0.15) is 33.2 Å². The summed E-state index contributed by atoms with van der Waals surface area (Å²) in [5, 5.41) is 11.2. The maximum absolute atomic E-state index is 11.8. The molecule has 0 saturated carbocycles. The number of carbonyl (C=O) groups is 3. The number of hydrogen-bond acceptors (Lipinski definition) is 5. The Bertz CT molecular complexity index is 820. The lowest BCUT2D eigenvalue weighted by molar-refractivity contribution is -0.119. The molecule has 6 nitrogen and oxygen atoms in total. The van der Waals surface area contributed by atoms with Crippen molar-refractivity contribution in [3.05, 3.63) is 65.2 Å². The van der Waals surface area contributed by atoms with E-state index in [1.165, 1.54) is 31.2 Å². The lowest BCUT2D eigenvalue weighted by Gasteiger charge is -2.07. The Balaban J connectivity index is 1.90. The predicted octanol–water partition coefficient (Wildman–Crippen LogP) is 2.56. The van der Waals surface area contributed by atoms with E-state index in [9.17, 15) is 14.4 Å². The minimum Gasteiger partial charge on any atom is -0.452 e. The molecule has 0 unspecified atom stereocenters. The molecule has 2 rings (SSSR count). The van der Waals surface area contributed by atoms with E-state index >= 15 is 0 Å². The van der Waals surface area contributed by atoms with Crippen LogP contribution in [-0.4, -0.2) is 24.3 Å². The van der Waals surface area contributed by atoms with Crippen molar-refractivity contribution in [2.24, 2.45) is 0 Å². The van der Waals surface area contributed by atoms with Crippen molar-refractivity contribution in [1.82, 2.24) is 0 Å². The van der Waals surface area contributed by atoms with Crippen molar-refractivity contribution in [1.29, 1.82) is 5.26 Å². The zero-order valence-corrected chi connectivity index (χ0v) is 12.9. The zero-order chi connectivity index (χ0) is 17.5. The molecule has 0 radical (unpaired) electrons. The molecule has 2 aromatic carbocycles. The molecular formula is C18H14N2O4.